The molecule has 124 valence electrons. The molecule has 0 bridgehead atoms. The predicted octanol–water partition coefficient (Wildman–Crippen LogP) is 6.43. The first-order chi connectivity index (χ1) is 13.3. The van der Waals surface area contributed by atoms with E-state index in [4.69, 9.17) is 4.42 Å². The number of hydrogen-bond acceptors (Lipinski definition) is 2. The lowest BCUT2D eigenvalue weighted by Crippen LogP contribution is -2.02. The third-order valence-electron chi connectivity index (χ3n) is 5.99. The fourth-order valence-corrected chi connectivity index (χ4v) is 4.91. The lowest BCUT2D eigenvalue weighted by molar-refractivity contribution is 0.614. The highest BCUT2D eigenvalue weighted by atomic mass is 16.3. The number of benzene rings is 6. The van der Waals surface area contributed by atoms with Crippen molar-refractivity contribution < 1.29 is 4.42 Å². The SMILES string of the molecule is O=c1cc2cccc3ccc4c5ccc6cccc7coc(c1c4c32)c5c67. The Labute approximate surface area is 152 Å². The van der Waals surface area contributed by atoms with E-state index in [0.717, 1.165) is 43.1 Å². The van der Waals surface area contributed by atoms with Gasteiger partial charge in [0.1, 0.15) is 5.58 Å². The van der Waals surface area contributed by atoms with Crippen molar-refractivity contribution >= 4 is 64.8 Å². The summed E-state index contributed by atoms with van der Waals surface area (Å²) in [7, 11) is 0. The predicted molar refractivity (Wildman–Crippen MR) is 112 cm³/mol. The van der Waals surface area contributed by atoms with Crippen LogP contribution in [0.2, 0.25) is 0 Å². The van der Waals surface area contributed by atoms with Crippen LogP contribution in [-0.2, 0) is 0 Å². The summed E-state index contributed by atoms with van der Waals surface area (Å²) in [5.41, 5.74) is 0.720. The van der Waals surface area contributed by atoms with Gasteiger partial charge in [-0.15, -0.1) is 0 Å². The molecule has 0 unspecified atom stereocenters. The Bertz CT molecular complexity index is 1720. The smallest absolute Gasteiger partial charge is 0.190 e. The Hall–Kier alpha value is -3.65. The lowest BCUT2D eigenvalue weighted by atomic mass is 9.88. The molecule has 0 aliphatic heterocycles. The van der Waals surface area contributed by atoms with Crippen molar-refractivity contribution in [2.75, 3.05) is 0 Å². The van der Waals surface area contributed by atoms with E-state index in [9.17, 15) is 4.79 Å². The van der Waals surface area contributed by atoms with Crippen LogP contribution in [0.5, 0.6) is 0 Å². The van der Waals surface area contributed by atoms with Crippen molar-refractivity contribution in [3.63, 3.8) is 0 Å². The van der Waals surface area contributed by atoms with Gasteiger partial charge in [-0.25, -0.2) is 0 Å². The van der Waals surface area contributed by atoms with Crippen LogP contribution in [0.3, 0.4) is 0 Å². The number of rotatable bonds is 0. The van der Waals surface area contributed by atoms with Gasteiger partial charge in [0.25, 0.3) is 0 Å². The van der Waals surface area contributed by atoms with Gasteiger partial charge in [0.2, 0.25) is 0 Å². The largest absolute Gasteiger partial charge is 0.463 e. The molecule has 7 aromatic rings. The Morgan fingerprint density at radius 2 is 1.19 bits per heavy atom. The monoisotopic (exact) mass is 344 g/mol. The lowest BCUT2D eigenvalue weighted by Gasteiger charge is -2.16. The van der Waals surface area contributed by atoms with Crippen molar-refractivity contribution in [1.82, 2.24) is 0 Å². The molecule has 0 atom stereocenters. The zero-order valence-corrected chi connectivity index (χ0v) is 14.2. The Morgan fingerprint density at radius 3 is 1.96 bits per heavy atom. The molecule has 0 fully saturated rings. The van der Waals surface area contributed by atoms with Crippen LogP contribution >= 0.6 is 0 Å². The van der Waals surface area contributed by atoms with Crippen molar-refractivity contribution in [1.29, 1.82) is 0 Å². The summed E-state index contributed by atoms with van der Waals surface area (Å²) in [5.74, 6) is 0. The van der Waals surface area contributed by atoms with Crippen LogP contribution in [0.1, 0.15) is 0 Å². The normalized spacial score (nSPS) is 12.6. The Morgan fingerprint density at radius 1 is 0.556 bits per heavy atom. The summed E-state index contributed by atoms with van der Waals surface area (Å²) >= 11 is 0. The third kappa shape index (κ3) is 1.47. The van der Waals surface area contributed by atoms with E-state index < -0.39 is 0 Å². The first kappa shape index (κ1) is 13.5. The second kappa shape index (κ2) is 4.36. The maximum Gasteiger partial charge on any atom is 0.190 e. The average molecular weight is 344 g/mol. The fraction of sp³-hybridized carbons (Fsp3) is 0. The second-order valence-corrected chi connectivity index (χ2v) is 7.32. The molecule has 0 radical (unpaired) electrons. The molecule has 0 spiro atoms. The average Bonchev–Trinajstić information content (AvgIpc) is 2.71. The van der Waals surface area contributed by atoms with Gasteiger partial charge >= 0.3 is 0 Å². The van der Waals surface area contributed by atoms with Crippen molar-refractivity contribution in [2.24, 2.45) is 0 Å². The quantitative estimate of drug-likeness (QED) is 0.234. The van der Waals surface area contributed by atoms with Crippen LogP contribution in [0.25, 0.3) is 64.8 Å². The van der Waals surface area contributed by atoms with Gasteiger partial charge in [0.05, 0.1) is 11.6 Å². The molecule has 7 rings (SSSR count). The van der Waals surface area contributed by atoms with E-state index in [1.807, 2.05) is 18.2 Å². The maximum absolute atomic E-state index is 13.1. The molecule has 0 amide bonds. The van der Waals surface area contributed by atoms with Crippen LogP contribution in [0.15, 0.2) is 82.2 Å². The minimum atomic E-state index is 0.0212. The van der Waals surface area contributed by atoms with Crippen LogP contribution < -0.4 is 5.43 Å². The van der Waals surface area contributed by atoms with Gasteiger partial charge in [0, 0.05) is 21.5 Å². The minimum Gasteiger partial charge on any atom is -0.463 e. The first-order valence-electron chi connectivity index (χ1n) is 9.07. The van der Waals surface area contributed by atoms with Gasteiger partial charge in [-0.1, -0.05) is 60.7 Å². The van der Waals surface area contributed by atoms with Crippen LogP contribution in [0.4, 0.5) is 0 Å². The van der Waals surface area contributed by atoms with Crippen molar-refractivity contribution in [3.8, 4) is 0 Å². The van der Waals surface area contributed by atoms with E-state index in [2.05, 4.69) is 42.5 Å². The summed E-state index contributed by atoms with van der Waals surface area (Å²) in [5, 5.41) is 11.7. The van der Waals surface area contributed by atoms with Gasteiger partial charge in [-0.3, -0.25) is 4.79 Å². The summed E-state index contributed by atoms with van der Waals surface area (Å²) in [4.78, 5) is 13.1. The Kier molecular flexibility index (Phi) is 2.19. The molecule has 6 aromatic carbocycles. The molecule has 1 aromatic heterocycles. The van der Waals surface area contributed by atoms with E-state index in [1.54, 1.807) is 12.3 Å². The highest BCUT2D eigenvalue weighted by Crippen LogP contribution is 2.43. The molecular formula is C25H12O2. The molecule has 1 heterocycles. The molecule has 0 aliphatic carbocycles. The highest BCUT2D eigenvalue weighted by molar-refractivity contribution is 6.38. The molecule has 2 nitrogen and oxygen atoms in total. The molecular weight excluding hydrogens is 332 g/mol. The van der Waals surface area contributed by atoms with Gasteiger partial charge < -0.3 is 4.42 Å². The maximum atomic E-state index is 13.1. The third-order valence-corrected chi connectivity index (χ3v) is 5.99. The highest BCUT2D eigenvalue weighted by Gasteiger charge is 2.20. The van der Waals surface area contributed by atoms with Gasteiger partial charge in [-0.05, 0) is 38.4 Å². The standard InChI is InChI=1S/C25H12O2/c26-19-11-15-5-1-3-13-7-9-17-18-10-8-14-4-2-6-16-12-27-25(23(18)21(14)16)24(19)22(17)20(13)15/h1-12H. The molecule has 27 heavy (non-hydrogen) atoms. The number of hydrogen-bond donors (Lipinski definition) is 0. The minimum absolute atomic E-state index is 0.0212. The van der Waals surface area contributed by atoms with E-state index in [1.165, 1.54) is 10.8 Å². The summed E-state index contributed by atoms with van der Waals surface area (Å²) in [6, 6.07) is 22.7. The van der Waals surface area contributed by atoms with Crippen molar-refractivity contribution in [3.05, 3.63) is 83.2 Å². The van der Waals surface area contributed by atoms with Crippen molar-refractivity contribution in [2.45, 2.75) is 0 Å². The van der Waals surface area contributed by atoms with Gasteiger partial charge in [0.15, 0.2) is 5.43 Å². The van der Waals surface area contributed by atoms with E-state index >= 15 is 0 Å². The summed E-state index contributed by atoms with van der Waals surface area (Å²) in [6.45, 7) is 0. The molecule has 2 heteroatoms. The van der Waals surface area contributed by atoms with Crippen LogP contribution in [0, 0.1) is 0 Å². The van der Waals surface area contributed by atoms with E-state index in [-0.39, 0.29) is 5.43 Å². The molecule has 0 N–H and O–H groups in total. The second-order valence-electron chi connectivity index (χ2n) is 7.32. The fourth-order valence-electron chi connectivity index (χ4n) is 4.91. The van der Waals surface area contributed by atoms with Gasteiger partial charge in [-0.2, -0.15) is 0 Å². The molecule has 0 saturated carbocycles. The topological polar surface area (TPSA) is 30.2 Å². The summed E-state index contributed by atoms with van der Waals surface area (Å²) < 4.78 is 6.10. The zero-order valence-electron chi connectivity index (χ0n) is 14.2. The Balaban J connectivity index is 1.98. The van der Waals surface area contributed by atoms with E-state index in [0.29, 0.717) is 11.0 Å². The molecule has 0 saturated heterocycles. The first-order valence-corrected chi connectivity index (χ1v) is 9.07. The number of fused-ring (bicyclic) bond motifs is 2. The molecule has 0 aliphatic rings. The summed E-state index contributed by atoms with van der Waals surface area (Å²) in [6.07, 6.45) is 1.78. The zero-order chi connectivity index (χ0) is 17.7. The van der Waals surface area contributed by atoms with Crippen LogP contribution in [-0.4, -0.2) is 0 Å².